The van der Waals surface area contributed by atoms with Crippen molar-refractivity contribution in [2.75, 3.05) is 11.9 Å². The molecule has 0 radical (unpaired) electrons. The molecular formula is C12H16BrClN4O2. The van der Waals surface area contributed by atoms with Crippen LogP contribution in [-0.4, -0.2) is 33.8 Å². The van der Waals surface area contributed by atoms with Gasteiger partial charge in [-0.25, -0.2) is 9.78 Å². The first-order valence-electron chi connectivity index (χ1n) is 6.46. The van der Waals surface area contributed by atoms with E-state index >= 15 is 0 Å². The van der Waals surface area contributed by atoms with Crippen LogP contribution in [0.15, 0.2) is 10.7 Å². The fraction of sp³-hybridized carbons (Fsp3) is 0.583. The summed E-state index contributed by atoms with van der Waals surface area (Å²) < 4.78 is 0.781. The van der Waals surface area contributed by atoms with Crippen LogP contribution in [0.1, 0.15) is 25.7 Å². The number of aromatic nitrogens is 2. The predicted molar refractivity (Wildman–Crippen MR) is 80.1 cm³/mol. The summed E-state index contributed by atoms with van der Waals surface area (Å²) in [6.45, 7) is 0.797. The first kappa shape index (κ1) is 15.3. The molecule has 0 unspecified atom stereocenters. The SMILES string of the molecule is O=C(O)NC1CCC(CNc2nc(Cl)ncc2Br)CC1. The Bertz CT molecular complexity index is 481. The molecule has 2 rings (SSSR count). The Hall–Kier alpha value is -1.08. The summed E-state index contributed by atoms with van der Waals surface area (Å²) in [5.74, 6) is 1.21. The molecule has 0 bridgehead atoms. The Morgan fingerprint density at radius 3 is 2.80 bits per heavy atom. The van der Waals surface area contributed by atoms with E-state index in [2.05, 4.69) is 36.5 Å². The first-order valence-corrected chi connectivity index (χ1v) is 7.63. The quantitative estimate of drug-likeness (QED) is 0.715. The summed E-state index contributed by atoms with van der Waals surface area (Å²) in [6.07, 6.45) is 4.43. The number of hydrogen-bond donors (Lipinski definition) is 3. The number of nitrogens with zero attached hydrogens (tertiary/aromatic N) is 2. The number of halogens is 2. The lowest BCUT2D eigenvalue weighted by Crippen LogP contribution is -2.37. The summed E-state index contributed by atoms with van der Waals surface area (Å²) >= 11 is 9.13. The second-order valence-electron chi connectivity index (χ2n) is 4.88. The summed E-state index contributed by atoms with van der Waals surface area (Å²) in [6, 6.07) is 0.0870. The van der Waals surface area contributed by atoms with Crippen molar-refractivity contribution in [3.63, 3.8) is 0 Å². The molecule has 110 valence electrons. The molecule has 1 amide bonds. The number of hydrogen-bond acceptors (Lipinski definition) is 4. The number of carbonyl (C=O) groups is 1. The van der Waals surface area contributed by atoms with Crippen LogP contribution < -0.4 is 10.6 Å². The molecule has 0 aromatic carbocycles. The van der Waals surface area contributed by atoms with Gasteiger partial charge in [-0.1, -0.05) is 0 Å². The van der Waals surface area contributed by atoms with Gasteiger partial charge in [-0.15, -0.1) is 0 Å². The van der Waals surface area contributed by atoms with Crippen molar-refractivity contribution in [2.45, 2.75) is 31.7 Å². The molecule has 20 heavy (non-hydrogen) atoms. The lowest BCUT2D eigenvalue weighted by molar-refractivity contribution is 0.183. The molecule has 6 nitrogen and oxygen atoms in total. The average Bonchev–Trinajstić information content (AvgIpc) is 2.41. The largest absolute Gasteiger partial charge is 0.465 e. The maximum Gasteiger partial charge on any atom is 0.404 e. The third-order valence-corrected chi connectivity index (χ3v) is 4.21. The molecule has 1 heterocycles. The smallest absolute Gasteiger partial charge is 0.404 e. The second-order valence-corrected chi connectivity index (χ2v) is 6.08. The lowest BCUT2D eigenvalue weighted by Gasteiger charge is -2.28. The number of rotatable bonds is 4. The first-order chi connectivity index (χ1) is 9.54. The van der Waals surface area contributed by atoms with E-state index in [4.69, 9.17) is 16.7 Å². The van der Waals surface area contributed by atoms with Crippen LogP contribution in [0.4, 0.5) is 10.6 Å². The number of anilines is 1. The topological polar surface area (TPSA) is 87.1 Å². The van der Waals surface area contributed by atoms with E-state index in [0.717, 1.165) is 36.7 Å². The van der Waals surface area contributed by atoms with Gasteiger partial charge < -0.3 is 15.7 Å². The Balaban J connectivity index is 1.78. The second kappa shape index (κ2) is 7.08. The minimum atomic E-state index is -0.939. The molecule has 1 aromatic rings. The zero-order valence-corrected chi connectivity index (χ0v) is 13.1. The highest BCUT2D eigenvalue weighted by Crippen LogP contribution is 2.26. The van der Waals surface area contributed by atoms with Gasteiger partial charge in [0.15, 0.2) is 0 Å². The predicted octanol–water partition coefficient (Wildman–Crippen LogP) is 3.13. The van der Waals surface area contributed by atoms with E-state index in [-0.39, 0.29) is 11.3 Å². The highest BCUT2D eigenvalue weighted by atomic mass is 79.9. The van der Waals surface area contributed by atoms with E-state index in [1.807, 2.05) is 0 Å². The van der Waals surface area contributed by atoms with Crippen LogP contribution in [0.5, 0.6) is 0 Å². The van der Waals surface area contributed by atoms with Crippen LogP contribution in [-0.2, 0) is 0 Å². The number of nitrogens with one attached hydrogen (secondary N) is 2. The minimum Gasteiger partial charge on any atom is -0.465 e. The van der Waals surface area contributed by atoms with E-state index in [1.54, 1.807) is 6.20 Å². The monoisotopic (exact) mass is 362 g/mol. The van der Waals surface area contributed by atoms with Gasteiger partial charge in [0.25, 0.3) is 0 Å². The molecule has 1 aliphatic rings. The van der Waals surface area contributed by atoms with Crippen LogP contribution in [0.3, 0.4) is 0 Å². The highest BCUT2D eigenvalue weighted by Gasteiger charge is 2.22. The Labute approximate surface area is 130 Å². The van der Waals surface area contributed by atoms with Gasteiger partial charge in [-0.3, -0.25) is 0 Å². The summed E-state index contributed by atoms with van der Waals surface area (Å²) in [4.78, 5) is 18.6. The molecule has 1 aromatic heterocycles. The molecule has 1 fully saturated rings. The van der Waals surface area contributed by atoms with E-state index in [1.165, 1.54) is 0 Å². The Morgan fingerprint density at radius 2 is 2.15 bits per heavy atom. The standard InChI is InChI=1S/C12H16BrClN4O2/c13-9-6-16-11(14)18-10(9)15-5-7-1-3-8(4-2-7)17-12(19)20/h6-8,17H,1-5H2,(H,19,20)(H,15,16,18). The molecule has 3 N–H and O–H groups in total. The Kier molecular flexibility index (Phi) is 5.42. The van der Waals surface area contributed by atoms with Crippen LogP contribution in [0.25, 0.3) is 0 Å². The lowest BCUT2D eigenvalue weighted by atomic mass is 9.86. The molecule has 0 aliphatic heterocycles. The van der Waals surface area contributed by atoms with Gasteiger partial charge in [-0.2, -0.15) is 4.98 Å². The number of amides is 1. The normalized spacial score (nSPS) is 22.3. The highest BCUT2D eigenvalue weighted by molar-refractivity contribution is 9.10. The van der Waals surface area contributed by atoms with Crippen LogP contribution in [0.2, 0.25) is 5.28 Å². The van der Waals surface area contributed by atoms with Gasteiger partial charge in [0.2, 0.25) is 5.28 Å². The van der Waals surface area contributed by atoms with Gasteiger partial charge in [0, 0.05) is 18.8 Å². The summed E-state index contributed by atoms with van der Waals surface area (Å²) in [7, 11) is 0. The molecule has 8 heteroatoms. The third kappa shape index (κ3) is 4.49. The molecule has 1 saturated carbocycles. The zero-order valence-electron chi connectivity index (χ0n) is 10.8. The van der Waals surface area contributed by atoms with Crippen molar-refractivity contribution in [2.24, 2.45) is 5.92 Å². The van der Waals surface area contributed by atoms with Crippen molar-refractivity contribution < 1.29 is 9.90 Å². The average molecular weight is 364 g/mol. The van der Waals surface area contributed by atoms with Crippen LogP contribution >= 0.6 is 27.5 Å². The zero-order chi connectivity index (χ0) is 14.5. The fourth-order valence-corrected chi connectivity index (χ4v) is 2.86. The van der Waals surface area contributed by atoms with Crippen molar-refractivity contribution in [1.82, 2.24) is 15.3 Å². The summed E-state index contributed by atoms with van der Waals surface area (Å²) in [5.41, 5.74) is 0. The van der Waals surface area contributed by atoms with Crippen molar-refractivity contribution in [3.05, 3.63) is 16.0 Å². The summed E-state index contributed by atoms with van der Waals surface area (Å²) in [5, 5.41) is 14.7. The van der Waals surface area contributed by atoms with E-state index in [9.17, 15) is 4.79 Å². The molecular weight excluding hydrogens is 348 g/mol. The number of carboxylic acid groups (broad SMARTS) is 1. The van der Waals surface area contributed by atoms with Gasteiger partial charge in [0.1, 0.15) is 5.82 Å². The third-order valence-electron chi connectivity index (χ3n) is 3.45. The maximum absolute atomic E-state index is 10.6. The van der Waals surface area contributed by atoms with Gasteiger partial charge in [0.05, 0.1) is 4.47 Å². The minimum absolute atomic E-state index is 0.0870. The van der Waals surface area contributed by atoms with Gasteiger partial charge >= 0.3 is 6.09 Å². The van der Waals surface area contributed by atoms with Crippen molar-refractivity contribution in [3.8, 4) is 0 Å². The molecule has 0 atom stereocenters. The van der Waals surface area contributed by atoms with E-state index in [0.29, 0.717) is 11.7 Å². The van der Waals surface area contributed by atoms with Crippen molar-refractivity contribution in [1.29, 1.82) is 0 Å². The molecule has 0 saturated heterocycles. The van der Waals surface area contributed by atoms with Crippen molar-refractivity contribution >= 4 is 39.4 Å². The fourth-order valence-electron chi connectivity index (χ4n) is 2.40. The Morgan fingerprint density at radius 1 is 1.45 bits per heavy atom. The van der Waals surface area contributed by atoms with Crippen LogP contribution in [0, 0.1) is 5.92 Å². The van der Waals surface area contributed by atoms with E-state index < -0.39 is 6.09 Å². The molecule has 1 aliphatic carbocycles. The maximum atomic E-state index is 10.6. The molecule has 0 spiro atoms. The van der Waals surface area contributed by atoms with Gasteiger partial charge in [-0.05, 0) is 59.1 Å².